The van der Waals surface area contributed by atoms with Crippen molar-refractivity contribution >= 4 is 35.5 Å². The molecule has 5 aliphatic rings. The van der Waals surface area contributed by atoms with Crippen molar-refractivity contribution in [2.75, 3.05) is 26.4 Å². The zero-order valence-electron chi connectivity index (χ0n) is 51.3. The van der Waals surface area contributed by atoms with Crippen LogP contribution in [0.5, 0.6) is 0 Å². The molecule has 32 nitrogen and oxygen atoms in total. The number of aliphatic hydroxyl groups is 11. The number of hydrogen-bond acceptors (Lipinski definition) is 27. The number of amides is 5. The topological polar surface area (TPSA) is 477 Å². The molecule has 5 fully saturated rings. The molecule has 89 heavy (non-hydrogen) atoms. The van der Waals surface area contributed by atoms with E-state index in [-0.39, 0.29) is 6.42 Å². The van der Waals surface area contributed by atoms with E-state index in [0.29, 0.717) is 6.42 Å². The van der Waals surface area contributed by atoms with Crippen LogP contribution in [0, 0.1) is 0 Å². The Balaban J connectivity index is 1.30. The van der Waals surface area contributed by atoms with Crippen molar-refractivity contribution in [3.63, 3.8) is 0 Å². The molecule has 5 rings (SSSR count). The van der Waals surface area contributed by atoms with E-state index in [9.17, 15) is 84.9 Å². The van der Waals surface area contributed by atoms with Gasteiger partial charge in [0.1, 0.15) is 116 Å². The molecular weight excluding hydrogens is 1190 g/mol. The molecule has 32 heteroatoms. The van der Waals surface area contributed by atoms with Gasteiger partial charge in [0.25, 0.3) is 0 Å². The Labute approximate surface area is 516 Å². The van der Waals surface area contributed by atoms with E-state index >= 15 is 0 Å². The summed E-state index contributed by atoms with van der Waals surface area (Å²) in [7, 11) is 0. The second-order valence-corrected chi connectivity index (χ2v) is 23.1. The van der Waals surface area contributed by atoms with Gasteiger partial charge in [-0.1, -0.05) is 70.4 Å². The predicted molar refractivity (Wildman–Crippen MR) is 303 cm³/mol. The van der Waals surface area contributed by atoms with E-state index in [2.05, 4.69) is 45.7 Å². The monoisotopic (exact) mass is 1280 g/mol. The normalized spacial score (nSPS) is 37.5. The minimum atomic E-state index is -2.03. The molecular formula is C57H97N5O27. The van der Waals surface area contributed by atoms with Gasteiger partial charge in [0.2, 0.25) is 35.8 Å². The fourth-order valence-corrected chi connectivity index (χ4v) is 11.5. The van der Waals surface area contributed by atoms with Crippen molar-refractivity contribution in [1.29, 1.82) is 0 Å². The minimum Gasteiger partial charge on any atom is -0.433 e. The number of rotatable bonds is 33. The van der Waals surface area contributed by atoms with Gasteiger partial charge in [-0.2, -0.15) is 0 Å². The zero-order chi connectivity index (χ0) is 65.6. The Morgan fingerprint density at radius 3 is 1.08 bits per heavy atom. The first-order valence-corrected chi connectivity index (χ1v) is 30.7. The summed E-state index contributed by atoms with van der Waals surface area (Å²) in [6.45, 7) is 3.57. The summed E-state index contributed by atoms with van der Waals surface area (Å²) < 4.78 is 59.0. The van der Waals surface area contributed by atoms with Crippen LogP contribution in [0.15, 0.2) is 12.2 Å². The molecule has 512 valence electrons. The first-order valence-electron chi connectivity index (χ1n) is 30.7. The van der Waals surface area contributed by atoms with E-state index in [1.807, 2.05) is 0 Å². The highest BCUT2D eigenvalue weighted by molar-refractivity contribution is 5.76. The molecule has 16 N–H and O–H groups in total. The zero-order valence-corrected chi connectivity index (χ0v) is 51.3. The first-order chi connectivity index (χ1) is 42.4. The first kappa shape index (κ1) is 75.5. The van der Waals surface area contributed by atoms with E-state index in [1.165, 1.54) is 25.7 Å². The smallest absolute Gasteiger partial charge is 0.305 e. The van der Waals surface area contributed by atoms with E-state index in [1.54, 1.807) is 0 Å². The molecule has 0 spiro atoms. The number of unbranched alkanes of at least 4 members (excludes halogenated alkanes) is 11. The molecule has 5 amide bonds. The van der Waals surface area contributed by atoms with Gasteiger partial charge in [0, 0.05) is 41.0 Å². The molecule has 5 heterocycles. The summed E-state index contributed by atoms with van der Waals surface area (Å²) in [5, 5.41) is 135. The number of carbonyl (C=O) groups is 6. The van der Waals surface area contributed by atoms with Crippen LogP contribution in [0.3, 0.4) is 0 Å². The van der Waals surface area contributed by atoms with E-state index in [4.69, 9.17) is 47.4 Å². The Bertz CT molecular complexity index is 2230. The molecule has 0 aromatic rings. The Morgan fingerprint density at radius 1 is 0.382 bits per heavy atom. The van der Waals surface area contributed by atoms with Crippen molar-refractivity contribution in [2.24, 2.45) is 0 Å². The van der Waals surface area contributed by atoms with Gasteiger partial charge in [0.05, 0.1) is 26.4 Å². The third-order valence-electron chi connectivity index (χ3n) is 15.9. The number of nitrogens with one attached hydrogen (secondary N) is 5. The standard InChI is InChI=1S/C57H97N5O27/c1-7-8-9-10-11-12-13-14-15-16-17-18-19-20-21-22-36(72)62-38-42(73)47(78)57(80-31(6)71)89-56(38)88-51-35(26-66)84-55(41(46(51)77)61-30(5)70)87-50-34(25-65)83-54(40(45(50)76)60-29(4)69)86-49-33(24-64)82-53(39(44(49)75)59-28(3)68)85-48-32(23-63)81-52(79)37(43(48)74)58-27(2)67/h12-13,32-35,37-57,63-66,73-79H,7-11,14-26H2,1-6H3,(H,58,67)(H,59,68)(H,60,69)(H,61,70)(H,62,72)/b13-12-/t32?,33?,34?,35?,37?,38?,39?,40?,41?,42-,43-,44-,45-,46-,47+,48-,49-,50-,51-,52-,53+,54+,55+,56-,57?/m1/s1. The Kier molecular flexibility index (Phi) is 31.8. The van der Waals surface area contributed by atoms with Crippen LogP contribution in [-0.4, -0.2) is 272 Å². The van der Waals surface area contributed by atoms with Gasteiger partial charge < -0.3 is 130 Å². The maximum absolute atomic E-state index is 13.5. The summed E-state index contributed by atoms with van der Waals surface area (Å²) >= 11 is 0. The molecule has 0 saturated carbocycles. The van der Waals surface area contributed by atoms with Gasteiger partial charge in [0.15, 0.2) is 31.5 Å². The molecule has 5 aliphatic heterocycles. The number of allylic oxidation sites excluding steroid dienone is 2. The molecule has 5 saturated heterocycles. The van der Waals surface area contributed by atoms with Gasteiger partial charge >= 0.3 is 5.97 Å². The third-order valence-corrected chi connectivity index (χ3v) is 15.9. The summed E-state index contributed by atoms with van der Waals surface area (Å²) in [6, 6.07) is -8.26. The number of ether oxygens (including phenoxy) is 10. The SMILES string of the molecule is CCCCCC/C=C\CCCCCCCCCC(=O)NC1[C@H](O[C@@H]2C(CO)O[C@@H](O[C@@H]3C(CO)O[C@@H](O[C@@H]4C(CO)O[C@@H](O[C@@H]5C(CO)O[C@@H](O)C(NC(C)=O)[C@H]5O)C(NC(C)=O)[C@H]4O)C(NC(C)=O)[C@H]3O)C(NC(C)=O)[C@H]2O)OC(OC(C)=O)[C@@H](O)[C@@H]1O. The van der Waals surface area contributed by atoms with E-state index < -0.39 is 215 Å². The summed E-state index contributed by atoms with van der Waals surface area (Å²) in [5.74, 6) is -4.62. The second kappa shape index (κ2) is 37.5. The van der Waals surface area contributed by atoms with Gasteiger partial charge in [-0.15, -0.1) is 0 Å². The lowest BCUT2D eigenvalue weighted by Gasteiger charge is -2.51. The maximum atomic E-state index is 13.5. The van der Waals surface area contributed by atoms with Crippen LogP contribution in [-0.2, 0) is 76.1 Å². The van der Waals surface area contributed by atoms with Crippen LogP contribution in [0.2, 0.25) is 0 Å². The quantitative estimate of drug-likeness (QED) is 0.0167. The van der Waals surface area contributed by atoms with E-state index in [0.717, 1.165) is 86.0 Å². The molecule has 0 bridgehead atoms. The molecule has 0 aliphatic carbocycles. The average molecular weight is 1280 g/mol. The molecule has 25 atom stereocenters. The summed E-state index contributed by atoms with van der Waals surface area (Å²) in [4.78, 5) is 75.8. The van der Waals surface area contributed by atoms with Crippen LogP contribution < -0.4 is 26.6 Å². The van der Waals surface area contributed by atoms with Crippen LogP contribution in [0.1, 0.15) is 131 Å². The minimum absolute atomic E-state index is 0.00909. The lowest BCUT2D eigenvalue weighted by molar-refractivity contribution is -0.372. The summed E-state index contributed by atoms with van der Waals surface area (Å²) in [5.41, 5.74) is 0. The Hall–Kier alpha value is -4.24. The van der Waals surface area contributed by atoms with Gasteiger partial charge in [-0.3, -0.25) is 28.8 Å². The fraction of sp³-hybridized carbons (Fsp3) is 0.860. The van der Waals surface area contributed by atoms with Crippen molar-refractivity contribution in [1.82, 2.24) is 26.6 Å². The molecule has 0 aromatic heterocycles. The fourth-order valence-electron chi connectivity index (χ4n) is 11.5. The Morgan fingerprint density at radius 2 is 0.708 bits per heavy atom. The van der Waals surface area contributed by atoms with Crippen LogP contribution in [0.4, 0.5) is 0 Å². The number of carbonyl (C=O) groups excluding carboxylic acids is 6. The highest BCUT2D eigenvalue weighted by atomic mass is 16.8. The van der Waals surface area contributed by atoms with Crippen LogP contribution in [0.25, 0.3) is 0 Å². The second-order valence-electron chi connectivity index (χ2n) is 23.1. The average Bonchev–Trinajstić information content (AvgIpc) is 1.16. The van der Waals surface area contributed by atoms with Crippen molar-refractivity contribution in [3.05, 3.63) is 12.2 Å². The third kappa shape index (κ3) is 21.7. The number of aliphatic hydroxyl groups excluding tert-OH is 11. The molecule has 10 unspecified atom stereocenters. The highest BCUT2D eigenvalue weighted by Crippen LogP contribution is 2.36. The van der Waals surface area contributed by atoms with Crippen molar-refractivity contribution < 1.29 is 132 Å². The lowest BCUT2D eigenvalue weighted by Crippen LogP contribution is -2.72. The summed E-state index contributed by atoms with van der Waals surface area (Å²) in [6.07, 6.45) is -18.6. The maximum Gasteiger partial charge on any atom is 0.305 e. The number of hydrogen-bond donors (Lipinski definition) is 16. The molecule has 0 aromatic carbocycles. The lowest BCUT2D eigenvalue weighted by atomic mass is 9.93. The highest BCUT2D eigenvalue weighted by Gasteiger charge is 2.58. The van der Waals surface area contributed by atoms with Gasteiger partial charge in [-0.25, -0.2) is 0 Å². The predicted octanol–water partition coefficient (Wildman–Crippen LogP) is -4.66. The largest absolute Gasteiger partial charge is 0.433 e. The van der Waals surface area contributed by atoms with Crippen molar-refractivity contribution in [3.8, 4) is 0 Å². The van der Waals surface area contributed by atoms with Crippen LogP contribution >= 0.6 is 0 Å². The molecule has 0 radical (unpaired) electrons. The van der Waals surface area contributed by atoms with Crippen molar-refractivity contribution in [2.45, 2.75) is 285 Å². The number of esters is 1. The van der Waals surface area contributed by atoms with Gasteiger partial charge in [-0.05, 0) is 32.1 Å².